The highest BCUT2D eigenvalue weighted by atomic mass is 35.5. The summed E-state index contributed by atoms with van der Waals surface area (Å²) >= 11 is 6.25. The van der Waals surface area contributed by atoms with E-state index in [4.69, 9.17) is 16.3 Å². The van der Waals surface area contributed by atoms with Crippen molar-refractivity contribution in [2.45, 2.75) is 25.8 Å². The molecule has 1 amide bonds. The van der Waals surface area contributed by atoms with E-state index in [1.807, 2.05) is 6.92 Å². The van der Waals surface area contributed by atoms with Crippen molar-refractivity contribution in [1.82, 2.24) is 9.88 Å². The fourth-order valence-corrected chi connectivity index (χ4v) is 3.49. The monoisotopic (exact) mass is 400 g/mol. The summed E-state index contributed by atoms with van der Waals surface area (Å²) in [5, 5.41) is 11.3. The molecule has 1 aliphatic rings. The van der Waals surface area contributed by atoms with Gasteiger partial charge in [-0.1, -0.05) is 31.0 Å². The van der Waals surface area contributed by atoms with Gasteiger partial charge in [0.05, 0.1) is 23.7 Å². The number of likely N-dealkylation sites (tertiary alicyclic amines) is 1. The van der Waals surface area contributed by atoms with Crippen LogP contribution < -0.4 is 4.74 Å². The van der Waals surface area contributed by atoms with Gasteiger partial charge in [-0.15, -0.1) is 0 Å². The minimum absolute atomic E-state index is 0.00394. The van der Waals surface area contributed by atoms with Gasteiger partial charge >= 0.3 is 0 Å². The second kappa shape index (κ2) is 8.44. The minimum atomic E-state index is -0.735. The zero-order chi connectivity index (χ0) is 20.3. The van der Waals surface area contributed by atoms with Crippen LogP contribution in [0.3, 0.4) is 0 Å². The van der Waals surface area contributed by atoms with Gasteiger partial charge in [0, 0.05) is 24.5 Å². The van der Waals surface area contributed by atoms with Gasteiger partial charge in [0.25, 0.3) is 11.7 Å². The quantitative estimate of drug-likeness (QED) is 0.451. The second-order valence-corrected chi connectivity index (χ2v) is 6.89. The zero-order valence-electron chi connectivity index (χ0n) is 15.7. The number of Topliss-reactive ketones (excluding diaryl/α,β-unsaturated/α-hetero) is 1. The lowest BCUT2D eigenvalue weighted by Crippen LogP contribution is -2.30. The van der Waals surface area contributed by atoms with Crippen LogP contribution in [-0.2, 0) is 9.59 Å². The summed E-state index contributed by atoms with van der Waals surface area (Å²) in [5.41, 5.74) is 0.894. The van der Waals surface area contributed by atoms with Crippen LogP contribution in [0.4, 0.5) is 0 Å². The lowest BCUT2D eigenvalue weighted by atomic mass is 9.96. The second-order valence-electron chi connectivity index (χ2n) is 6.48. The predicted octanol–water partition coefficient (Wildman–Crippen LogP) is 3.97. The fraction of sp³-hybridized carbons (Fsp3) is 0.286. The number of carbonyl (C=O) groups is 2. The molecule has 3 rings (SSSR count). The molecule has 146 valence electrons. The lowest BCUT2D eigenvalue weighted by Gasteiger charge is -2.25. The number of pyridine rings is 1. The number of unbranched alkanes of at least 4 members (excludes halogenated alkanes) is 1. The Kier molecular flexibility index (Phi) is 5.99. The third kappa shape index (κ3) is 3.60. The Balaban J connectivity index is 2.19. The Morgan fingerprint density at radius 3 is 2.75 bits per heavy atom. The molecule has 1 atom stereocenters. The Morgan fingerprint density at radius 1 is 1.32 bits per heavy atom. The third-order valence-electron chi connectivity index (χ3n) is 4.72. The molecular weight excluding hydrogens is 380 g/mol. The van der Waals surface area contributed by atoms with Crippen molar-refractivity contribution in [2.24, 2.45) is 0 Å². The van der Waals surface area contributed by atoms with Crippen LogP contribution >= 0.6 is 11.6 Å². The van der Waals surface area contributed by atoms with Crippen LogP contribution in [0.1, 0.15) is 36.9 Å². The van der Waals surface area contributed by atoms with Gasteiger partial charge in [0.15, 0.2) is 0 Å². The van der Waals surface area contributed by atoms with Gasteiger partial charge in [-0.2, -0.15) is 0 Å². The maximum atomic E-state index is 12.8. The van der Waals surface area contributed by atoms with E-state index >= 15 is 0 Å². The molecule has 1 N–H and O–H groups in total. The van der Waals surface area contributed by atoms with Crippen LogP contribution in [0.15, 0.2) is 48.3 Å². The first-order valence-corrected chi connectivity index (χ1v) is 9.39. The van der Waals surface area contributed by atoms with Crippen LogP contribution in [0.25, 0.3) is 5.76 Å². The molecule has 0 saturated carbocycles. The van der Waals surface area contributed by atoms with Crippen molar-refractivity contribution in [3.8, 4) is 5.75 Å². The summed E-state index contributed by atoms with van der Waals surface area (Å²) in [4.78, 5) is 31.1. The topological polar surface area (TPSA) is 79.7 Å². The average molecular weight is 401 g/mol. The summed E-state index contributed by atoms with van der Waals surface area (Å²) in [5.74, 6) is -1.22. The van der Waals surface area contributed by atoms with Crippen LogP contribution in [-0.4, -0.2) is 40.3 Å². The van der Waals surface area contributed by atoms with Gasteiger partial charge in [0.2, 0.25) is 0 Å². The summed E-state index contributed by atoms with van der Waals surface area (Å²) in [7, 11) is 1.49. The number of aliphatic hydroxyl groups is 1. The minimum Gasteiger partial charge on any atom is -0.507 e. The normalized spacial score (nSPS) is 18.5. The maximum Gasteiger partial charge on any atom is 0.295 e. The van der Waals surface area contributed by atoms with Crippen molar-refractivity contribution in [3.63, 3.8) is 0 Å². The van der Waals surface area contributed by atoms with Gasteiger partial charge in [-0.05, 0) is 36.2 Å². The van der Waals surface area contributed by atoms with Gasteiger partial charge in [-0.25, -0.2) is 0 Å². The molecule has 1 aliphatic heterocycles. The molecule has 1 aromatic heterocycles. The Bertz CT molecular complexity index is 927. The van der Waals surface area contributed by atoms with E-state index in [1.54, 1.807) is 36.7 Å². The fourth-order valence-electron chi connectivity index (χ4n) is 3.28. The number of rotatable bonds is 6. The molecule has 1 unspecified atom stereocenters. The van der Waals surface area contributed by atoms with Crippen molar-refractivity contribution in [3.05, 3.63) is 64.4 Å². The number of ketones is 1. The Labute approximate surface area is 168 Å². The number of ether oxygens (including phenoxy) is 1. The number of hydrogen-bond acceptors (Lipinski definition) is 5. The number of nitrogens with zero attached hydrogens (tertiary/aromatic N) is 2. The summed E-state index contributed by atoms with van der Waals surface area (Å²) in [6, 6.07) is 7.55. The summed E-state index contributed by atoms with van der Waals surface area (Å²) in [6.45, 7) is 2.41. The van der Waals surface area contributed by atoms with Crippen molar-refractivity contribution < 1.29 is 19.4 Å². The van der Waals surface area contributed by atoms with E-state index in [9.17, 15) is 14.7 Å². The zero-order valence-corrected chi connectivity index (χ0v) is 16.4. The first kappa shape index (κ1) is 19.9. The number of carbonyl (C=O) groups excluding carboxylic acids is 2. The Hall–Kier alpha value is -2.86. The molecule has 0 aliphatic carbocycles. The molecule has 28 heavy (non-hydrogen) atoms. The Morgan fingerprint density at radius 2 is 2.11 bits per heavy atom. The van der Waals surface area contributed by atoms with E-state index in [0.29, 0.717) is 17.9 Å². The summed E-state index contributed by atoms with van der Waals surface area (Å²) < 4.78 is 5.19. The molecule has 1 aromatic carbocycles. The highest BCUT2D eigenvalue weighted by Crippen LogP contribution is 2.40. The first-order chi connectivity index (χ1) is 13.5. The SMILES string of the molecule is CCCCN1C(=O)C(=O)/C(=C(/O)c2cc(OC)ccc2Cl)C1c1cccnc1. The molecule has 2 heterocycles. The van der Waals surface area contributed by atoms with E-state index in [-0.39, 0.29) is 21.9 Å². The smallest absolute Gasteiger partial charge is 0.295 e. The van der Waals surface area contributed by atoms with Crippen LogP contribution in [0.5, 0.6) is 5.75 Å². The van der Waals surface area contributed by atoms with Crippen LogP contribution in [0.2, 0.25) is 5.02 Å². The number of methoxy groups -OCH3 is 1. The molecule has 6 nitrogen and oxygen atoms in total. The summed E-state index contributed by atoms with van der Waals surface area (Å²) in [6.07, 6.45) is 4.81. The standard InChI is InChI=1S/C21H21ClN2O4/c1-3-4-10-24-18(13-6-5-9-23-12-13)17(20(26)21(24)27)19(25)15-11-14(28-2)7-8-16(15)22/h5-9,11-12,18,25H,3-4,10H2,1-2H3/b19-17+. The highest BCUT2D eigenvalue weighted by molar-refractivity contribution is 6.47. The van der Waals surface area contributed by atoms with Gasteiger partial charge in [0.1, 0.15) is 11.5 Å². The molecular formula is C21H21ClN2O4. The number of aliphatic hydroxyl groups excluding tert-OH is 1. The largest absolute Gasteiger partial charge is 0.507 e. The van der Waals surface area contributed by atoms with Gasteiger partial charge < -0.3 is 14.7 Å². The average Bonchev–Trinajstić information content (AvgIpc) is 2.97. The van der Waals surface area contributed by atoms with E-state index < -0.39 is 17.7 Å². The van der Waals surface area contributed by atoms with Gasteiger partial charge in [-0.3, -0.25) is 14.6 Å². The number of hydrogen-bond donors (Lipinski definition) is 1. The van der Waals surface area contributed by atoms with E-state index in [0.717, 1.165) is 12.8 Å². The highest BCUT2D eigenvalue weighted by Gasteiger charge is 2.46. The third-order valence-corrected chi connectivity index (χ3v) is 5.05. The van der Waals surface area contributed by atoms with E-state index in [1.165, 1.54) is 18.1 Å². The lowest BCUT2D eigenvalue weighted by molar-refractivity contribution is -0.139. The molecule has 1 saturated heterocycles. The molecule has 0 radical (unpaired) electrons. The molecule has 7 heteroatoms. The number of aromatic nitrogens is 1. The van der Waals surface area contributed by atoms with Crippen LogP contribution in [0, 0.1) is 0 Å². The molecule has 0 spiro atoms. The first-order valence-electron chi connectivity index (χ1n) is 9.01. The molecule has 2 aromatic rings. The number of benzene rings is 1. The molecule has 0 bridgehead atoms. The number of halogens is 1. The maximum absolute atomic E-state index is 12.8. The number of amides is 1. The van der Waals surface area contributed by atoms with E-state index in [2.05, 4.69) is 4.98 Å². The van der Waals surface area contributed by atoms with Crippen molar-refractivity contribution in [2.75, 3.05) is 13.7 Å². The predicted molar refractivity (Wildman–Crippen MR) is 106 cm³/mol. The molecule has 1 fully saturated rings. The van der Waals surface area contributed by atoms with Crippen molar-refractivity contribution in [1.29, 1.82) is 0 Å². The van der Waals surface area contributed by atoms with Crippen molar-refractivity contribution >= 4 is 29.1 Å².